The van der Waals surface area contributed by atoms with Gasteiger partial charge in [0.2, 0.25) is 5.89 Å². The topological polar surface area (TPSA) is 58.6 Å². The Hall–Kier alpha value is -2.96. The number of phenolic OH excluding ortho intramolecular Hbond substituents is 1. The summed E-state index contributed by atoms with van der Waals surface area (Å²) in [4.78, 5) is 8.51. The van der Waals surface area contributed by atoms with Crippen LogP contribution in [0.3, 0.4) is 0 Å². The first-order chi connectivity index (χ1) is 13.4. The molecule has 1 N–H and O–H groups in total. The first kappa shape index (κ1) is 18.4. The first-order valence-electron chi connectivity index (χ1n) is 7.99. The molecule has 0 bridgehead atoms. The van der Waals surface area contributed by atoms with Crippen LogP contribution < -0.4 is 0 Å². The molecule has 4 nitrogen and oxygen atoms in total. The lowest BCUT2D eigenvalue weighted by Gasteiger charge is -2.02. The predicted octanol–water partition coefficient (Wildman–Crippen LogP) is 6.54. The molecule has 1 heterocycles. The zero-order valence-electron chi connectivity index (χ0n) is 14.0. The zero-order chi connectivity index (χ0) is 19.8. The minimum atomic E-state index is -0.766. The molecule has 0 aliphatic carbocycles. The number of halogens is 4. The summed E-state index contributed by atoms with van der Waals surface area (Å²) < 4.78 is 32.6. The van der Waals surface area contributed by atoms with E-state index in [0.29, 0.717) is 27.4 Å². The minimum absolute atomic E-state index is 0.0351. The van der Waals surface area contributed by atoms with Gasteiger partial charge in [0.1, 0.15) is 22.9 Å². The van der Waals surface area contributed by atoms with Gasteiger partial charge in [0.25, 0.3) is 0 Å². The fourth-order valence-corrected chi connectivity index (χ4v) is 3.11. The second-order valence-electron chi connectivity index (χ2n) is 5.88. The molecule has 1 aromatic heterocycles. The zero-order valence-corrected chi connectivity index (χ0v) is 15.5. The van der Waals surface area contributed by atoms with Crippen molar-refractivity contribution in [2.75, 3.05) is 0 Å². The lowest BCUT2D eigenvalue weighted by atomic mass is 10.2. The van der Waals surface area contributed by atoms with Gasteiger partial charge >= 0.3 is 0 Å². The molecule has 0 atom stereocenters. The molecule has 4 rings (SSSR count). The van der Waals surface area contributed by atoms with Gasteiger partial charge in [-0.1, -0.05) is 23.2 Å². The molecular formula is C20H10Cl2F2N2O2. The van der Waals surface area contributed by atoms with Crippen LogP contribution in [-0.4, -0.2) is 16.3 Å². The summed E-state index contributed by atoms with van der Waals surface area (Å²) >= 11 is 11.8. The molecule has 0 saturated heterocycles. The number of oxazole rings is 1. The SMILES string of the molecule is Oc1c(Cl)cc(Cl)cc1C=Nc1ccc2oc(-c3ccc(F)cc3F)nc2c1. The molecule has 4 aromatic rings. The minimum Gasteiger partial charge on any atom is -0.506 e. The lowest BCUT2D eigenvalue weighted by Crippen LogP contribution is -1.85. The molecule has 0 radical (unpaired) electrons. The molecule has 8 heteroatoms. The molecule has 0 unspecified atom stereocenters. The van der Waals surface area contributed by atoms with Crippen molar-refractivity contribution >= 4 is 46.2 Å². The second-order valence-corrected chi connectivity index (χ2v) is 6.72. The van der Waals surface area contributed by atoms with E-state index in [-0.39, 0.29) is 22.2 Å². The van der Waals surface area contributed by atoms with Crippen LogP contribution in [0.4, 0.5) is 14.5 Å². The molecule has 28 heavy (non-hydrogen) atoms. The van der Waals surface area contributed by atoms with Crippen LogP contribution >= 0.6 is 23.2 Å². The van der Waals surface area contributed by atoms with Crippen molar-refractivity contribution in [1.29, 1.82) is 0 Å². The Morgan fingerprint density at radius 1 is 1.04 bits per heavy atom. The largest absolute Gasteiger partial charge is 0.506 e. The quantitative estimate of drug-likeness (QED) is 0.384. The predicted molar refractivity (Wildman–Crippen MR) is 105 cm³/mol. The summed E-state index contributed by atoms with van der Waals surface area (Å²) in [5.74, 6) is -1.55. The number of phenols is 1. The van der Waals surface area contributed by atoms with E-state index in [2.05, 4.69) is 9.98 Å². The van der Waals surface area contributed by atoms with Gasteiger partial charge in [0.15, 0.2) is 5.58 Å². The standard InChI is InChI=1S/C20H10Cl2F2N2O2/c21-11-5-10(19(27)15(22)6-11)9-25-13-2-4-18-17(8-13)26-20(28-18)14-3-1-12(23)7-16(14)24/h1-9,27H. The van der Waals surface area contributed by atoms with Crippen LogP contribution in [-0.2, 0) is 0 Å². The van der Waals surface area contributed by atoms with Crippen molar-refractivity contribution in [3.63, 3.8) is 0 Å². The smallest absolute Gasteiger partial charge is 0.230 e. The highest BCUT2D eigenvalue weighted by atomic mass is 35.5. The van der Waals surface area contributed by atoms with Crippen molar-refractivity contribution in [1.82, 2.24) is 4.98 Å². The Morgan fingerprint density at radius 3 is 2.64 bits per heavy atom. The summed E-state index contributed by atoms with van der Waals surface area (Å²) in [5.41, 5.74) is 1.79. The van der Waals surface area contributed by atoms with Crippen LogP contribution in [0.15, 0.2) is 57.9 Å². The number of nitrogens with zero attached hydrogens (tertiary/aromatic N) is 2. The lowest BCUT2D eigenvalue weighted by molar-refractivity contribution is 0.475. The van der Waals surface area contributed by atoms with Gasteiger partial charge in [-0.2, -0.15) is 0 Å². The van der Waals surface area contributed by atoms with Gasteiger partial charge < -0.3 is 9.52 Å². The van der Waals surface area contributed by atoms with Gasteiger partial charge in [-0.15, -0.1) is 0 Å². The highest BCUT2D eigenvalue weighted by molar-refractivity contribution is 6.36. The monoisotopic (exact) mass is 418 g/mol. The third kappa shape index (κ3) is 3.56. The first-order valence-corrected chi connectivity index (χ1v) is 8.74. The maximum Gasteiger partial charge on any atom is 0.230 e. The van der Waals surface area contributed by atoms with Crippen LogP contribution in [0.1, 0.15) is 5.56 Å². The molecular weight excluding hydrogens is 409 g/mol. The maximum atomic E-state index is 13.9. The van der Waals surface area contributed by atoms with Crippen molar-refractivity contribution in [3.8, 4) is 17.2 Å². The Bertz CT molecular complexity index is 1240. The van der Waals surface area contributed by atoms with Gasteiger partial charge in [-0.3, -0.25) is 4.99 Å². The highest BCUT2D eigenvalue weighted by Crippen LogP contribution is 2.31. The summed E-state index contributed by atoms with van der Waals surface area (Å²) in [5, 5.41) is 10.5. The van der Waals surface area contributed by atoms with Crippen LogP contribution in [0, 0.1) is 11.6 Å². The van der Waals surface area contributed by atoms with Gasteiger partial charge in [0, 0.05) is 22.9 Å². The van der Waals surface area contributed by atoms with E-state index >= 15 is 0 Å². The van der Waals surface area contributed by atoms with Crippen LogP contribution in [0.5, 0.6) is 5.75 Å². The fourth-order valence-electron chi connectivity index (χ4n) is 2.60. The summed E-state index contributed by atoms with van der Waals surface area (Å²) in [6.45, 7) is 0. The third-order valence-electron chi connectivity index (χ3n) is 3.94. The van der Waals surface area contributed by atoms with E-state index in [4.69, 9.17) is 27.6 Å². The number of aliphatic imine (C=N–C) groups is 1. The molecule has 0 spiro atoms. The molecule has 0 aliphatic heterocycles. The molecule has 140 valence electrons. The average Bonchev–Trinajstić information content (AvgIpc) is 3.06. The van der Waals surface area contributed by atoms with E-state index in [9.17, 15) is 13.9 Å². The van der Waals surface area contributed by atoms with E-state index in [1.54, 1.807) is 18.2 Å². The van der Waals surface area contributed by atoms with E-state index in [1.807, 2.05) is 0 Å². The Morgan fingerprint density at radius 2 is 1.86 bits per heavy atom. The van der Waals surface area contributed by atoms with Gasteiger partial charge in [0.05, 0.1) is 16.3 Å². The summed E-state index contributed by atoms with van der Waals surface area (Å²) in [7, 11) is 0. The Labute approximate surface area is 167 Å². The molecule has 0 saturated carbocycles. The van der Waals surface area contributed by atoms with Crippen molar-refractivity contribution in [2.45, 2.75) is 0 Å². The number of hydrogen-bond donors (Lipinski definition) is 1. The summed E-state index contributed by atoms with van der Waals surface area (Å²) in [6, 6.07) is 11.0. The van der Waals surface area contributed by atoms with Crippen molar-refractivity contribution in [2.24, 2.45) is 4.99 Å². The number of benzene rings is 3. The number of aromatic nitrogens is 1. The van der Waals surface area contributed by atoms with Crippen LogP contribution in [0.2, 0.25) is 10.0 Å². The highest BCUT2D eigenvalue weighted by Gasteiger charge is 2.14. The molecule has 0 amide bonds. The number of aromatic hydroxyl groups is 1. The molecule has 0 fully saturated rings. The average molecular weight is 419 g/mol. The Kier molecular flexibility index (Phi) is 4.75. The van der Waals surface area contributed by atoms with Gasteiger partial charge in [-0.25, -0.2) is 13.8 Å². The van der Waals surface area contributed by atoms with E-state index < -0.39 is 11.6 Å². The number of fused-ring (bicyclic) bond motifs is 1. The third-order valence-corrected chi connectivity index (χ3v) is 4.45. The van der Waals surface area contributed by atoms with Gasteiger partial charge in [-0.05, 0) is 42.5 Å². The summed E-state index contributed by atoms with van der Waals surface area (Å²) in [6.07, 6.45) is 1.41. The van der Waals surface area contributed by atoms with Crippen molar-refractivity contribution in [3.05, 3.63) is 75.8 Å². The Balaban J connectivity index is 1.69. The second kappa shape index (κ2) is 7.22. The maximum absolute atomic E-state index is 13.9. The number of hydrogen-bond acceptors (Lipinski definition) is 4. The molecule has 3 aromatic carbocycles. The van der Waals surface area contributed by atoms with E-state index in [0.717, 1.165) is 12.1 Å². The molecule has 0 aliphatic rings. The van der Waals surface area contributed by atoms with E-state index in [1.165, 1.54) is 24.4 Å². The fraction of sp³-hybridized carbons (Fsp3) is 0. The van der Waals surface area contributed by atoms with Crippen molar-refractivity contribution < 1.29 is 18.3 Å². The number of rotatable bonds is 3. The van der Waals surface area contributed by atoms with Crippen LogP contribution in [0.25, 0.3) is 22.6 Å². The normalized spacial score (nSPS) is 11.6.